The molecular weight excluding hydrogens is 326 g/mol. The minimum absolute atomic E-state index is 0.0181. The van der Waals surface area contributed by atoms with E-state index in [0.29, 0.717) is 11.3 Å². The van der Waals surface area contributed by atoms with Crippen LogP contribution in [0.2, 0.25) is 0 Å². The molecular formula is C13H10BrN3O3. The molecule has 6 nitrogen and oxygen atoms in total. The lowest BCUT2D eigenvalue weighted by molar-refractivity contribution is -0.384. The summed E-state index contributed by atoms with van der Waals surface area (Å²) in [6, 6.07) is 10.9. The predicted molar refractivity (Wildman–Crippen MR) is 80.1 cm³/mol. The molecule has 2 aromatic carbocycles. The third-order valence-corrected chi connectivity index (χ3v) is 2.94. The van der Waals surface area contributed by atoms with Crippen LogP contribution in [0.4, 0.5) is 11.4 Å². The quantitative estimate of drug-likeness (QED) is 0.508. The van der Waals surface area contributed by atoms with Gasteiger partial charge in [-0.05, 0) is 24.3 Å². The summed E-state index contributed by atoms with van der Waals surface area (Å²) in [6.07, 6.45) is 1.43. The molecule has 2 rings (SSSR count). The average Bonchev–Trinajstić information content (AvgIpc) is 2.43. The molecule has 7 heteroatoms. The van der Waals surface area contributed by atoms with E-state index < -0.39 is 4.92 Å². The van der Waals surface area contributed by atoms with Crippen LogP contribution in [-0.2, 0) is 0 Å². The second-order valence-corrected chi connectivity index (χ2v) is 4.80. The molecule has 0 aromatic heterocycles. The first-order valence-corrected chi connectivity index (χ1v) is 6.37. The van der Waals surface area contributed by atoms with Crippen molar-refractivity contribution in [3.63, 3.8) is 0 Å². The molecule has 0 aliphatic carbocycles. The van der Waals surface area contributed by atoms with Crippen molar-refractivity contribution in [3.05, 3.63) is 62.6 Å². The maximum absolute atomic E-state index is 10.6. The van der Waals surface area contributed by atoms with E-state index in [1.54, 1.807) is 30.3 Å². The summed E-state index contributed by atoms with van der Waals surface area (Å²) < 4.78 is 0.812. The van der Waals surface area contributed by atoms with Gasteiger partial charge < -0.3 is 5.11 Å². The Bertz CT molecular complexity index is 674. The van der Waals surface area contributed by atoms with Crippen molar-refractivity contribution in [2.75, 3.05) is 5.43 Å². The summed E-state index contributed by atoms with van der Waals surface area (Å²) in [5.41, 5.74) is 3.67. The number of phenolic OH excluding ortho intramolecular Hbond substituents is 1. The fraction of sp³-hybridized carbons (Fsp3) is 0. The molecule has 0 aliphatic rings. The van der Waals surface area contributed by atoms with E-state index >= 15 is 0 Å². The van der Waals surface area contributed by atoms with Crippen molar-refractivity contribution in [2.24, 2.45) is 5.10 Å². The normalized spacial score (nSPS) is 10.7. The molecule has 2 aromatic rings. The van der Waals surface area contributed by atoms with Crippen molar-refractivity contribution in [2.45, 2.75) is 0 Å². The molecule has 0 saturated carbocycles. The van der Waals surface area contributed by atoms with E-state index in [0.717, 1.165) is 4.47 Å². The third-order valence-electron chi connectivity index (χ3n) is 2.44. The molecule has 102 valence electrons. The number of phenols is 1. The number of hydrogen-bond acceptors (Lipinski definition) is 5. The number of nitro benzene ring substituents is 1. The number of nitrogens with zero attached hydrogens (tertiary/aromatic N) is 2. The molecule has 2 N–H and O–H groups in total. The van der Waals surface area contributed by atoms with E-state index in [4.69, 9.17) is 0 Å². The number of aromatic hydroxyl groups is 1. The van der Waals surface area contributed by atoms with Gasteiger partial charge in [0.15, 0.2) is 0 Å². The summed E-state index contributed by atoms with van der Waals surface area (Å²) in [7, 11) is 0. The highest BCUT2D eigenvalue weighted by molar-refractivity contribution is 9.10. The van der Waals surface area contributed by atoms with Gasteiger partial charge in [0.2, 0.25) is 0 Å². The number of non-ortho nitro benzene ring substituents is 1. The van der Waals surface area contributed by atoms with Gasteiger partial charge in [-0.3, -0.25) is 15.5 Å². The Balaban J connectivity index is 2.12. The molecule has 0 heterocycles. The minimum Gasteiger partial charge on any atom is -0.507 e. The Morgan fingerprint density at radius 3 is 2.85 bits per heavy atom. The second-order valence-electron chi connectivity index (χ2n) is 3.88. The van der Waals surface area contributed by atoms with Crippen molar-refractivity contribution in [1.29, 1.82) is 0 Å². The summed E-state index contributed by atoms with van der Waals surface area (Å²) in [5.74, 6) is 0.0952. The summed E-state index contributed by atoms with van der Waals surface area (Å²) in [6.45, 7) is 0. The van der Waals surface area contributed by atoms with Crippen LogP contribution in [0.25, 0.3) is 0 Å². The number of benzene rings is 2. The molecule has 0 spiro atoms. The number of hydrazone groups is 1. The smallest absolute Gasteiger partial charge is 0.271 e. The number of nitro groups is 1. The van der Waals surface area contributed by atoms with Crippen LogP contribution < -0.4 is 5.43 Å². The monoisotopic (exact) mass is 335 g/mol. The Hall–Kier alpha value is -2.41. The van der Waals surface area contributed by atoms with Crippen LogP contribution in [-0.4, -0.2) is 16.2 Å². The Morgan fingerprint density at radius 2 is 2.10 bits per heavy atom. The van der Waals surface area contributed by atoms with Gasteiger partial charge in [0.1, 0.15) is 5.75 Å². The second kappa shape index (κ2) is 6.16. The fourth-order valence-electron chi connectivity index (χ4n) is 1.49. The maximum atomic E-state index is 10.6. The zero-order chi connectivity index (χ0) is 14.5. The lowest BCUT2D eigenvalue weighted by Crippen LogP contribution is -1.93. The largest absolute Gasteiger partial charge is 0.507 e. The Morgan fingerprint density at radius 1 is 1.30 bits per heavy atom. The molecule has 0 unspecified atom stereocenters. The van der Waals surface area contributed by atoms with Gasteiger partial charge in [0, 0.05) is 22.2 Å². The van der Waals surface area contributed by atoms with Gasteiger partial charge >= 0.3 is 0 Å². The summed E-state index contributed by atoms with van der Waals surface area (Å²) in [4.78, 5) is 10.2. The van der Waals surface area contributed by atoms with Gasteiger partial charge in [-0.15, -0.1) is 0 Å². The van der Waals surface area contributed by atoms with Gasteiger partial charge in [0.25, 0.3) is 5.69 Å². The highest BCUT2D eigenvalue weighted by Crippen LogP contribution is 2.20. The van der Waals surface area contributed by atoms with Crippen molar-refractivity contribution in [1.82, 2.24) is 0 Å². The molecule has 0 atom stereocenters. The minimum atomic E-state index is -0.477. The zero-order valence-electron chi connectivity index (χ0n) is 10.2. The number of nitrogens with one attached hydrogen (secondary N) is 1. The topological polar surface area (TPSA) is 87.8 Å². The lowest BCUT2D eigenvalue weighted by Gasteiger charge is -2.01. The van der Waals surface area contributed by atoms with Gasteiger partial charge in [-0.1, -0.05) is 22.0 Å². The Labute approximate surface area is 123 Å². The fourth-order valence-corrected chi connectivity index (χ4v) is 1.87. The van der Waals surface area contributed by atoms with Crippen LogP contribution in [0.1, 0.15) is 5.56 Å². The average molecular weight is 336 g/mol. The first-order valence-electron chi connectivity index (χ1n) is 5.58. The van der Waals surface area contributed by atoms with Crippen LogP contribution in [0, 0.1) is 10.1 Å². The van der Waals surface area contributed by atoms with Crippen molar-refractivity contribution >= 4 is 33.5 Å². The lowest BCUT2D eigenvalue weighted by atomic mass is 10.2. The van der Waals surface area contributed by atoms with E-state index in [-0.39, 0.29) is 11.4 Å². The Kier molecular flexibility index (Phi) is 4.31. The van der Waals surface area contributed by atoms with Gasteiger partial charge in [0.05, 0.1) is 16.8 Å². The SMILES string of the molecule is O=[N+]([O-])c1cccc(N/N=C/c2cc(Br)ccc2O)c1. The molecule has 20 heavy (non-hydrogen) atoms. The van der Waals surface area contributed by atoms with Crippen LogP contribution >= 0.6 is 15.9 Å². The van der Waals surface area contributed by atoms with Crippen LogP contribution in [0.5, 0.6) is 5.75 Å². The highest BCUT2D eigenvalue weighted by Gasteiger charge is 2.04. The zero-order valence-corrected chi connectivity index (χ0v) is 11.7. The molecule has 0 amide bonds. The summed E-state index contributed by atoms with van der Waals surface area (Å²) in [5, 5.41) is 24.2. The van der Waals surface area contributed by atoms with Crippen molar-refractivity contribution < 1.29 is 10.0 Å². The van der Waals surface area contributed by atoms with Gasteiger partial charge in [-0.2, -0.15) is 5.10 Å². The first-order chi connectivity index (χ1) is 9.56. The maximum Gasteiger partial charge on any atom is 0.271 e. The highest BCUT2D eigenvalue weighted by atomic mass is 79.9. The molecule has 0 aliphatic heterocycles. The van der Waals surface area contributed by atoms with E-state index in [9.17, 15) is 15.2 Å². The first kappa shape index (κ1) is 14.0. The van der Waals surface area contributed by atoms with E-state index in [1.165, 1.54) is 18.3 Å². The number of halogens is 1. The predicted octanol–water partition coefficient (Wildman–Crippen LogP) is 3.51. The molecule has 0 bridgehead atoms. The molecule has 0 fully saturated rings. The molecule has 0 saturated heterocycles. The van der Waals surface area contributed by atoms with E-state index in [1.807, 2.05) is 0 Å². The number of anilines is 1. The molecule has 0 radical (unpaired) electrons. The number of rotatable bonds is 4. The van der Waals surface area contributed by atoms with Crippen LogP contribution in [0.3, 0.4) is 0 Å². The standard InChI is InChI=1S/C13H10BrN3O3/c14-10-4-5-13(18)9(6-10)8-15-16-11-2-1-3-12(7-11)17(19)20/h1-8,16,18H/b15-8+. The third kappa shape index (κ3) is 3.55. The summed E-state index contributed by atoms with van der Waals surface area (Å²) >= 11 is 3.29. The number of hydrogen-bond donors (Lipinski definition) is 2. The van der Waals surface area contributed by atoms with Gasteiger partial charge in [-0.25, -0.2) is 0 Å². The van der Waals surface area contributed by atoms with Crippen molar-refractivity contribution in [3.8, 4) is 5.75 Å². The van der Waals surface area contributed by atoms with Crippen LogP contribution in [0.15, 0.2) is 52.0 Å². The van der Waals surface area contributed by atoms with E-state index in [2.05, 4.69) is 26.5 Å².